The van der Waals surface area contributed by atoms with Gasteiger partial charge in [-0.3, -0.25) is 0 Å². The van der Waals surface area contributed by atoms with Crippen molar-refractivity contribution in [1.29, 1.82) is 0 Å². The van der Waals surface area contributed by atoms with Crippen molar-refractivity contribution < 1.29 is 28.5 Å². The van der Waals surface area contributed by atoms with E-state index in [1.165, 1.54) is 0 Å². The zero-order valence-corrected chi connectivity index (χ0v) is 19.9. The molecule has 34 heavy (non-hydrogen) atoms. The number of ether oxygens (including phenoxy) is 4. The molecule has 2 aromatic rings. The van der Waals surface area contributed by atoms with Gasteiger partial charge in [-0.1, -0.05) is 48.9 Å². The number of esters is 2. The van der Waals surface area contributed by atoms with Crippen LogP contribution in [0, 0.1) is 0 Å². The van der Waals surface area contributed by atoms with Gasteiger partial charge in [-0.2, -0.15) is 0 Å². The summed E-state index contributed by atoms with van der Waals surface area (Å²) in [5.74, 6) is -0.909. The third kappa shape index (κ3) is 7.54. The topological polar surface area (TPSA) is 71.1 Å². The van der Waals surface area contributed by atoms with E-state index in [0.717, 1.165) is 25.7 Å². The summed E-state index contributed by atoms with van der Waals surface area (Å²) < 4.78 is 23.8. The molecule has 0 aromatic heterocycles. The highest BCUT2D eigenvalue weighted by molar-refractivity contribution is 5.90. The number of allylic oxidation sites excluding steroid dienone is 1. The minimum absolute atomic E-state index is 0.0802. The maximum Gasteiger partial charge on any atom is 0.338 e. The molecule has 182 valence electrons. The fourth-order valence-electron chi connectivity index (χ4n) is 3.86. The molecule has 1 aliphatic heterocycles. The van der Waals surface area contributed by atoms with E-state index in [9.17, 15) is 9.59 Å². The van der Waals surface area contributed by atoms with E-state index in [2.05, 4.69) is 6.58 Å². The van der Waals surface area contributed by atoms with E-state index in [0.29, 0.717) is 11.1 Å². The van der Waals surface area contributed by atoms with E-state index < -0.39 is 36.5 Å². The van der Waals surface area contributed by atoms with E-state index in [1.807, 2.05) is 32.1 Å². The largest absolute Gasteiger partial charge is 0.456 e. The number of hydrogen-bond acceptors (Lipinski definition) is 6. The summed E-state index contributed by atoms with van der Waals surface area (Å²) in [5.41, 5.74) is 0.897. The van der Waals surface area contributed by atoms with E-state index in [-0.39, 0.29) is 12.5 Å². The van der Waals surface area contributed by atoms with Gasteiger partial charge in [0.25, 0.3) is 0 Å². The van der Waals surface area contributed by atoms with Crippen LogP contribution in [-0.4, -0.2) is 42.6 Å². The maximum atomic E-state index is 12.8. The van der Waals surface area contributed by atoms with Gasteiger partial charge < -0.3 is 18.9 Å². The predicted molar refractivity (Wildman–Crippen MR) is 129 cm³/mol. The minimum Gasteiger partial charge on any atom is -0.456 e. The first kappa shape index (κ1) is 25.7. The van der Waals surface area contributed by atoms with Crippen molar-refractivity contribution in [3.8, 4) is 0 Å². The first-order valence-corrected chi connectivity index (χ1v) is 11.9. The Morgan fingerprint density at radius 3 is 2.09 bits per heavy atom. The molecule has 6 heteroatoms. The van der Waals surface area contributed by atoms with E-state index >= 15 is 0 Å². The molecule has 3 rings (SSSR count). The van der Waals surface area contributed by atoms with Crippen LogP contribution in [0.2, 0.25) is 0 Å². The standard InChI is InChI=1S/C28H34O6/c1-4-5-6-9-14-20(2)31-28-25(34-27(30)23-17-12-8-13-18-23)19-24(21(3)32-28)33-26(29)22-15-10-7-11-16-22/h4,7-8,10-13,15-18,20-21,24-25,28H,1,5-6,9,14,19H2,2-3H3/t20-,21+,24-,25-,28-/m1/s1. The van der Waals surface area contributed by atoms with Crippen molar-refractivity contribution in [3.05, 3.63) is 84.4 Å². The Bertz CT molecular complexity index is 913. The number of rotatable bonds is 11. The number of benzene rings is 2. The zero-order chi connectivity index (χ0) is 24.3. The van der Waals surface area contributed by atoms with Crippen molar-refractivity contribution in [2.24, 2.45) is 0 Å². The Balaban J connectivity index is 1.68. The lowest BCUT2D eigenvalue weighted by Gasteiger charge is -2.39. The molecule has 0 bridgehead atoms. The van der Waals surface area contributed by atoms with Crippen molar-refractivity contribution in [2.75, 3.05) is 0 Å². The summed E-state index contributed by atoms with van der Waals surface area (Å²) in [6, 6.07) is 17.6. The van der Waals surface area contributed by atoms with Gasteiger partial charge >= 0.3 is 11.9 Å². The fraction of sp³-hybridized carbons (Fsp3) is 0.429. The summed E-state index contributed by atoms with van der Waals surface area (Å²) in [6.45, 7) is 7.58. The molecule has 0 N–H and O–H groups in total. The average molecular weight is 467 g/mol. The van der Waals surface area contributed by atoms with Gasteiger partial charge in [-0.05, 0) is 57.4 Å². The van der Waals surface area contributed by atoms with Crippen LogP contribution in [0.3, 0.4) is 0 Å². The molecule has 0 spiro atoms. The minimum atomic E-state index is -0.747. The summed E-state index contributed by atoms with van der Waals surface area (Å²) in [7, 11) is 0. The molecular formula is C28H34O6. The van der Waals surface area contributed by atoms with Crippen LogP contribution in [0.5, 0.6) is 0 Å². The third-order valence-electron chi connectivity index (χ3n) is 5.81. The van der Waals surface area contributed by atoms with Gasteiger partial charge in [-0.25, -0.2) is 9.59 Å². The van der Waals surface area contributed by atoms with Crippen LogP contribution in [0.4, 0.5) is 0 Å². The normalized spacial score (nSPS) is 23.0. The molecule has 1 heterocycles. The fourth-order valence-corrected chi connectivity index (χ4v) is 3.86. The first-order chi connectivity index (χ1) is 16.5. The number of carbonyl (C=O) groups is 2. The van der Waals surface area contributed by atoms with Crippen molar-refractivity contribution >= 4 is 11.9 Å². The average Bonchev–Trinajstić information content (AvgIpc) is 2.85. The molecule has 0 aliphatic carbocycles. The summed E-state index contributed by atoms with van der Waals surface area (Å²) in [4.78, 5) is 25.4. The third-order valence-corrected chi connectivity index (χ3v) is 5.81. The maximum absolute atomic E-state index is 12.8. The molecule has 5 atom stereocenters. The molecule has 2 aromatic carbocycles. The molecule has 1 saturated heterocycles. The molecule has 0 radical (unpaired) electrons. The first-order valence-electron chi connectivity index (χ1n) is 11.9. The highest BCUT2D eigenvalue weighted by Crippen LogP contribution is 2.28. The molecule has 1 fully saturated rings. The number of carbonyl (C=O) groups excluding carboxylic acids is 2. The van der Waals surface area contributed by atoms with Crippen LogP contribution >= 0.6 is 0 Å². The Labute approximate surface area is 201 Å². The number of unbranched alkanes of at least 4 members (excludes halogenated alkanes) is 2. The van der Waals surface area contributed by atoms with Crippen LogP contribution in [0.1, 0.15) is 66.7 Å². The second kappa shape index (κ2) is 13.1. The SMILES string of the molecule is C=CCCCC[C@@H](C)O[C@@H]1O[C@@H](C)[C@H](OC(=O)c2ccccc2)C[C@H]1OC(=O)c1ccccc1. The molecule has 6 nitrogen and oxygen atoms in total. The van der Waals surface area contributed by atoms with Gasteiger partial charge in [0.2, 0.25) is 0 Å². The van der Waals surface area contributed by atoms with E-state index in [1.54, 1.807) is 48.5 Å². The molecule has 1 aliphatic rings. The van der Waals surface area contributed by atoms with Gasteiger partial charge in [0.15, 0.2) is 12.4 Å². The van der Waals surface area contributed by atoms with Gasteiger partial charge in [-0.15, -0.1) is 6.58 Å². The quantitative estimate of drug-likeness (QED) is 0.239. The van der Waals surface area contributed by atoms with Crippen molar-refractivity contribution in [1.82, 2.24) is 0 Å². The Morgan fingerprint density at radius 1 is 0.971 bits per heavy atom. The monoisotopic (exact) mass is 466 g/mol. The summed E-state index contributed by atoms with van der Waals surface area (Å²) in [6.07, 6.45) is 3.52. The molecule has 0 saturated carbocycles. The lowest BCUT2D eigenvalue weighted by atomic mass is 10.0. The van der Waals surface area contributed by atoms with Crippen LogP contribution in [0.15, 0.2) is 73.3 Å². The number of hydrogen-bond donors (Lipinski definition) is 0. The van der Waals surface area contributed by atoms with Gasteiger partial charge in [0, 0.05) is 6.42 Å². The lowest BCUT2D eigenvalue weighted by molar-refractivity contribution is -0.272. The lowest BCUT2D eigenvalue weighted by Crippen LogP contribution is -2.51. The van der Waals surface area contributed by atoms with Gasteiger partial charge in [0.05, 0.1) is 23.3 Å². The molecule has 0 unspecified atom stereocenters. The van der Waals surface area contributed by atoms with Gasteiger partial charge in [0.1, 0.15) is 6.10 Å². The molecular weight excluding hydrogens is 432 g/mol. The summed E-state index contributed by atoms with van der Waals surface area (Å²) >= 11 is 0. The highest BCUT2D eigenvalue weighted by Gasteiger charge is 2.41. The Morgan fingerprint density at radius 2 is 1.53 bits per heavy atom. The second-order valence-corrected chi connectivity index (χ2v) is 8.58. The van der Waals surface area contributed by atoms with Crippen LogP contribution in [-0.2, 0) is 18.9 Å². The second-order valence-electron chi connectivity index (χ2n) is 8.58. The molecule has 0 amide bonds. The van der Waals surface area contributed by atoms with Crippen molar-refractivity contribution in [2.45, 2.75) is 76.7 Å². The smallest absolute Gasteiger partial charge is 0.338 e. The van der Waals surface area contributed by atoms with Crippen molar-refractivity contribution in [3.63, 3.8) is 0 Å². The predicted octanol–water partition coefficient (Wildman–Crippen LogP) is 5.72. The van der Waals surface area contributed by atoms with Crippen LogP contribution < -0.4 is 0 Å². The highest BCUT2D eigenvalue weighted by atomic mass is 16.7. The Kier molecular flexibility index (Phi) is 9.86. The van der Waals surface area contributed by atoms with Crippen LogP contribution in [0.25, 0.3) is 0 Å². The Hall–Kier alpha value is -2.96. The summed E-state index contributed by atoms with van der Waals surface area (Å²) in [5, 5.41) is 0. The zero-order valence-electron chi connectivity index (χ0n) is 19.9. The van der Waals surface area contributed by atoms with E-state index in [4.69, 9.17) is 18.9 Å².